The average molecular weight is 319 g/mol. The Hall–Kier alpha value is -2.63. The molecule has 0 aliphatic carbocycles. The van der Waals surface area contributed by atoms with Gasteiger partial charge in [0.25, 0.3) is 0 Å². The number of fused-ring (bicyclic) bond motifs is 1. The van der Waals surface area contributed by atoms with Gasteiger partial charge in [-0.15, -0.1) is 0 Å². The molecule has 2 rings (SSSR count). The van der Waals surface area contributed by atoms with E-state index in [1.807, 2.05) is 23.9 Å². The molecule has 0 unspecified atom stereocenters. The second-order valence-corrected chi connectivity index (χ2v) is 4.82. The summed E-state index contributed by atoms with van der Waals surface area (Å²) in [7, 11) is 6.62. The Morgan fingerprint density at radius 2 is 1.87 bits per heavy atom. The predicted molar refractivity (Wildman–Crippen MR) is 88.2 cm³/mol. The van der Waals surface area contributed by atoms with E-state index in [-0.39, 0.29) is 5.97 Å². The number of rotatable bonds is 6. The van der Waals surface area contributed by atoms with Crippen molar-refractivity contribution in [3.05, 3.63) is 23.9 Å². The first kappa shape index (κ1) is 16.7. The van der Waals surface area contributed by atoms with Gasteiger partial charge in [-0.25, -0.2) is 4.79 Å². The molecule has 6 nitrogen and oxygen atoms in total. The fourth-order valence-corrected chi connectivity index (χ4v) is 2.52. The van der Waals surface area contributed by atoms with Crippen LogP contribution in [0.2, 0.25) is 0 Å². The maximum atomic E-state index is 11.5. The Bertz CT molecular complexity index is 745. The van der Waals surface area contributed by atoms with Gasteiger partial charge >= 0.3 is 5.97 Å². The molecule has 0 amide bonds. The molecule has 1 aromatic heterocycles. The van der Waals surface area contributed by atoms with Crippen LogP contribution in [0, 0.1) is 0 Å². The molecule has 2 aromatic rings. The maximum absolute atomic E-state index is 11.5. The molecule has 0 aliphatic rings. The number of hydrogen-bond donors (Lipinski definition) is 0. The van der Waals surface area contributed by atoms with Crippen LogP contribution in [0.3, 0.4) is 0 Å². The lowest BCUT2D eigenvalue weighted by atomic mass is 10.1. The van der Waals surface area contributed by atoms with Gasteiger partial charge in [-0.3, -0.25) is 0 Å². The maximum Gasteiger partial charge on any atom is 0.330 e. The van der Waals surface area contributed by atoms with E-state index in [2.05, 4.69) is 0 Å². The second kappa shape index (κ2) is 7.09. The molecule has 0 N–H and O–H groups in total. The monoisotopic (exact) mass is 319 g/mol. The van der Waals surface area contributed by atoms with Crippen LogP contribution in [0.1, 0.15) is 12.5 Å². The number of nitrogens with zero attached hydrogens (tertiary/aromatic N) is 1. The third-order valence-corrected chi connectivity index (χ3v) is 3.50. The van der Waals surface area contributed by atoms with Crippen LogP contribution in [-0.4, -0.2) is 38.5 Å². The van der Waals surface area contributed by atoms with Crippen molar-refractivity contribution in [1.29, 1.82) is 0 Å². The topological polar surface area (TPSA) is 58.9 Å². The highest BCUT2D eigenvalue weighted by Gasteiger charge is 2.20. The SMILES string of the molecule is CCOC(=O)C=Cc1cn(C)c2cc(OC)c(OC)c(OC)c12. The largest absolute Gasteiger partial charge is 0.493 e. The summed E-state index contributed by atoms with van der Waals surface area (Å²) < 4.78 is 23.2. The molecule has 0 fully saturated rings. The molecular formula is C17H21NO5. The Labute approximate surface area is 135 Å². The van der Waals surface area contributed by atoms with Crippen molar-refractivity contribution >= 4 is 22.9 Å². The molecule has 1 aromatic carbocycles. The van der Waals surface area contributed by atoms with Gasteiger partial charge in [-0.2, -0.15) is 0 Å². The lowest BCUT2D eigenvalue weighted by Crippen LogP contribution is -1.98. The average Bonchev–Trinajstić information content (AvgIpc) is 2.87. The Balaban J connectivity index is 2.66. The summed E-state index contributed by atoms with van der Waals surface area (Å²) in [5.74, 6) is 1.27. The molecule has 6 heteroatoms. The second-order valence-electron chi connectivity index (χ2n) is 4.82. The highest BCUT2D eigenvalue weighted by atomic mass is 16.5. The van der Waals surface area contributed by atoms with Gasteiger partial charge in [0.15, 0.2) is 11.5 Å². The van der Waals surface area contributed by atoms with Gasteiger partial charge in [-0.1, -0.05) is 0 Å². The van der Waals surface area contributed by atoms with Gasteiger partial charge < -0.3 is 23.5 Å². The molecule has 1 heterocycles. The van der Waals surface area contributed by atoms with E-state index in [1.54, 1.807) is 34.3 Å². The number of ether oxygens (including phenoxy) is 4. The number of hydrogen-bond acceptors (Lipinski definition) is 5. The normalized spacial score (nSPS) is 11.0. The van der Waals surface area contributed by atoms with Gasteiger partial charge in [0.2, 0.25) is 5.75 Å². The molecule has 0 saturated carbocycles. The highest BCUT2D eigenvalue weighted by Crippen LogP contribution is 2.45. The molecule has 0 saturated heterocycles. The quantitative estimate of drug-likeness (QED) is 0.605. The molecule has 0 atom stereocenters. The van der Waals surface area contributed by atoms with Crippen molar-refractivity contribution in [2.45, 2.75) is 6.92 Å². The molecule has 0 spiro atoms. The van der Waals surface area contributed by atoms with Crippen molar-refractivity contribution in [2.75, 3.05) is 27.9 Å². The summed E-state index contributed by atoms with van der Waals surface area (Å²) in [4.78, 5) is 11.5. The number of esters is 1. The van der Waals surface area contributed by atoms with E-state index in [0.717, 1.165) is 16.5 Å². The molecule has 0 radical (unpaired) electrons. The van der Waals surface area contributed by atoms with Crippen molar-refractivity contribution in [3.63, 3.8) is 0 Å². The fourth-order valence-electron chi connectivity index (χ4n) is 2.52. The standard InChI is InChI=1S/C17H21NO5/c1-6-23-14(19)8-7-11-10-18(2)12-9-13(20-3)16(21-4)17(22-5)15(11)12/h7-10H,6H2,1-5H3. The fraction of sp³-hybridized carbons (Fsp3) is 0.353. The van der Waals surface area contributed by atoms with Crippen molar-refractivity contribution < 1.29 is 23.7 Å². The first-order valence-electron chi connectivity index (χ1n) is 7.20. The van der Waals surface area contributed by atoms with Crippen LogP contribution in [0.5, 0.6) is 17.2 Å². The van der Waals surface area contributed by atoms with E-state index in [9.17, 15) is 4.79 Å². The first-order valence-corrected chi connectivity index (χ1v) is 7.20. The van der Waals surface area contributed by atoms with Gasteiger partial charge in [-0.05, 0) is 13.0 Å². The number of aromatic nitrogens is 1. The number of methoxy groups -OCH3 is 3. The minimum Gasteiger partial charge on any atom is -0.493 e. The summed E-state index contributed by atoms with van der Waals surface area (Å²) in [6.45, 7) is 2.11. The Kier molecular flexibility index (Phi) is 5.16. The summed E-state index contributed by atoms with van der Waals surface area (Å²) in [6, 6.07) is 1.87. The zero-order valence-corrected chi connectivity index (χ0v) is 14.0. The van der Waals surface area contributed by atoms with Crippen molar-refractivity contribution in [2.24, 2.45) is 7.05 Å². The van der Waals surface area contributed by atoms with Crippen molar-refractivity contribution in [1.82, 2.24) is 4.57 Å². The zero-order chi connectivity index (χ0) is 17.0. The lowest BCUT2D eigenvalue weighted by Gasteiger charge is -2.14. The summed E-state index contributed by atoms with van der Waals surface area (Å²) in [5, 5.41) is 0.841. The molecule has 0 bridgehead atoms. The lowest BCUT2D eigenvalue weighted by molar-refractivity contribution is -0.137. The summed E-state index contributed by atoms with van der Waals surface area (Å²) in [6.07, 6.45) is 5.00. The number of benzene rings is 1. The van der Waals surface area contributed by atoms with Crippen LogP contribution in [0.4, 0.5) is 0 Å². The van der Waals surface area contributed by atoms with Gasteiger partial charge in [0.05, 0.1) is 38.8 Å². The van der Waals surface area contributed by atoms with Crippen LogP contribution < -0.4 is 14.2 Å². The number of carbonyl (C=O) groups excluding carboxylic acids is 1. The van der Waals surface area contributed by atoms with E-state index in [4.69, 9.17) is 18.9 Å². The molecule has 23 heavy (non-hydrogen) atoms. The zero-order valence-electron chi connectivity index (χ0n) is 14.0. The van der Waals surface area contributed by atoms with E-state index in [1.165, 1.54) is 6.08 Å². The number of carbonyl (C=O) groups is 1. The van der Waals surface area contributed by atoms with Gasteiger partial charge in [0.1, 0.15) is 0 Å². The molecular weight excluding hydrogens is 298 g/mol. The predicted octanol–water partition coefficient (Wildman–Crippen LogP) is 2.78. The summed E-state index contributed by atoms with van der Waals surface area (Å²) >= 11 is 0. The van der Waals surface area contributed by atoms with Crippen LogP contribution >= 0.6 is 0 Å². The van der Waals surface area contributed by atoms with Crippen LogP contribution in [-0.2, 0) is 16.6 Å². The first-order chi connectivity index (χ1) is 11.1. The third-order valence-electron chi connectivity index (χ3n) is 3.50. The van der Waals surface area contributed by atoms with Crippen molar-refractivity contribution in [3.8, 4) is 17.2 Å². The van der Waals surface area contributed by atoms with E-state index >= 15 is 0 Å². The van der Waals surface area contributed by atoms with Crippen LogP contribution in [0.25, 0.3) is 17.0 Å². The van der Waals surface area contributed by atoms with Gasteiger partial charge in [0, 0.05) is 31.0 Å². The van der Waals surface area contributed by atoms with E-state index < -0.39 is 0 Å². The highest BCUT2D eigenvalue weighted by molar-refractivity contribution is 6.00. The van der Waals surface area contributed by atoms with Crippen LogP contribution in [0.15, 0.2) is 18.3 Å². The third kappa shape index (κ3) is 3.11. The molecule has 0 aliphatic heterocycles. The minimum atomic E-state index is -0.385. The Morgan fingerprint density at radius 3 is 2.43 bits per heavy atom. The number of aryl methyl sites for hydroxylation is 1. The minimum absolute atomic E-state index is 0.340. The smallest absolute Gasteiger partial charge is 0.330 e. The summed E-state index contributed by atoms with van der Waals surface area (Å²) in [5.41, 5.74) is 1.73. The van der Waals surface area contributed by atoms with E-state index in [0.29, 0.717) is 23.9 Å². The molecule has 124 valence electrons. The Morgan fingerprint density at radius 1 is 1.17 bits per heavy atom.